The van der Waals surface area contributed by atoms with E-state index in [1.54, 1.807) is 0 Å². The normalized spacial score (nSPS) is 18.6. The zero-order valence-electron chi connectivity index (χ0n) is 16.7. The summed E-state index contributed by atoms with van der Waals surface area (Å²) >= 11 is 0. The molecule has 0 radical (unpaired) electrons. The van der Waals surface area contributed by atoms with Gasteiger partial charge in [0.1, 0.15) is 5.82 Å². The molecule has 3 N–H and O–H groups in total. The van der Waals surface area contributed by atoms with Crippen LogP contribution in [0, 0.1) is 11.7 Å². The number of amides is 2. The van der Waals surface area contributed by atoms with Gasteiger partial charge in [-0.1, -0.05) is 43.5 Å². The molecule has 2 aromatic rings. The van der Waals surface area contributed by atoms with E-state index in [0.717, 1.165) is 37.7 Å². The van der Waals surface area contributed by atoms with Crippen LogP contribution in [0.3, 0.4) is 0 Å². The second kappa shape index (κ2) is 10.0. The summed E-state index contributed by atoms with van der Waals surface area (Å²) in [6, 6.07) is 12.0. The van der Waals surface area contributed by atoms with Crippen molar-refractivity contribution >= 4 is 35.6 Å². The summed E-state index contributed by atoms with van der Waals surface area (Å²) in [6.07, 6.45) is 5.52. The number of halogens is 2. The minimum Gasteiger partial charge on any atom is -0.325 e. The molecule has 7 heteroatoms. The molecule has 160 valence electrons. The van der Waals surface area contributed by atoms with E-state index < -0.39 is 5.82 Å². The maximum Gasteiger partial charge on any atom is 0.241 e. The predicted molar refractivity (Wildman–Crippen MR) is 118 cm³/mol. The van der Waals surface area contributed by atoms with Crippen molar-refractivity contribution in [3.63, 3.8) is 0 Å². The Morgan fingerprint density at radius 3 is 2.43 bits per heavy atom. The molecule has 0 spiro atoms. The molecule has 0 bridgehead atoms. The molecule has 1 atom stereocenters. The minimum atomic E-state index is -0.503. The second-order valence-corrected chi connectivity index (χ2v) is 7.91. The van der Waals surface area contributed by atoms with Gasteiger partial charge < -0.3 is 16.0 Å². The monoisotopic (exact) mass is 431 g/mol. The van der Waals surface area contributed by atoms with Crippen LogP contribution in [0.2, 0.25) is 0 Å². The van der Waals surface area contributed by atoms with Crippen molar-refractivity contribution in [2.24, 2.45) is 5.92 Å². The van der Waals surface area contributed by atoms with Crippen LogP contribution < -0.4 is 16.0 Å². The van der Waals surface area contributed by atoms with Crippen LogP contribution in [0.25, 0.3) is 0 Å². The lowest BCUT2D eigenvalue weighted by atomic mass is 9.88. The fourth-order valence-electron chi connectivity index (χ4n) is 4.17. The lowest BCUT2D eigenvalue weighted by molar-refractivity contribution is -0.120. The van der Waals surface area contributed by atoms with Crippen molar-refractivity contribution in [3.05, 3.63) is 59.4 Å². The number of carbonyl (C=O) groups excluding carboxylic acids is 2. The van der Waals surface area contributed by atoms with E-state index >= 15 is 0 Å². The molecular weight excluding hydrogens is 405 g/mol. The van der Waals surface area contributed by atoms with Crippen LogP contribution in [0.1, 0.15) is 43.2 Å². The molecule has 0 aromatic heterocycles. The highest BCUT2D eigenvalue weighted by Gasteiger charge is 2.25. The lowest BCUT2D eigenvalue weighted by Gasteiger charge is -2.25. The number of hydrogen-bond acceptors (Lipinski definition) is 3. The molecule has 1 aliphatic heterocycles. The number of carbonyl (C=O) groups is 2. The summed E-state index contributed by atoms with van der Waals surface area (Å²) in [7, 11) is 0. The Balaban J connectivity index is 0.00000256. The summed E-state index contributed by atoms with van der Waals surface area (Å²) in [5.41, 5.74) is 2.94. The summed E-state index contributed by atoms with van der Waals surface area (Å²) < 4.78 is 14.2. The number of hydrogen-bond donors (Lipinski definition) is 3. The summed E-state index contributed by atoms with van der Waals surface area (Å²) in [5, 5.41) is 8.79. The van der Waals surface area contributed by atoms with Gasteiger partial charge in [0, 0.05) is 18.2 Å². The molecule has 1 saturated carbocycles. The predicted octanol–water partition coefficient (Wildman–Crippen LogP) is 4.42. The molecule has 1 fully saturated rings. The van der Waals surface area contributed by atoms with E-state index in [0.29, 0.717) is 18.7 Å². The van der Waals surface area contributed by atoms with E-state index in [1.807, 2.05) is 18.2 Å². The Morgan fingerprint density at radius 2 is 1.67 bits per heavy atom. The fourth-order valence-corrected chi connectivity index (χ4v) is 4.17. The fraction of sp³-hybridized carbons (Fsp3) is 0.391. The molecular formula is C23H27ClFN3O2. The van der Waals surface area contributed by atoms with E-state index in [2.05, 4.69) is 22.0 Å². The number of fused-ring (bicyclic) bond motifs is 1. The largest absolute Gasteiger partial charge is 0.325 e. The third-order valence-electron chi connectivity index (χ3n) is 5.87. The van der Waals surface area contributed by atoms with Crippen LogP contribution in [-0.4, -0.2) is 17.9 Å². The highest BCUT2D eigenvalue weighted by molar-refractivity contribution is 5.97. The van der Waals surface area contributed by atoms with E-state index in [9.17, 15) is 14.0 Å². The first-order valence-electron chi connectivity index (χ1n) is 10.3. The zero-order chi connectivity index (χ0) is 20.2. The maximum atomic E-state index is 14.2. The SMILES string of the molecule is Cl.O=C(Nc1cc(NC(=O)C2Cc3ccccc3CN2)ccc1F)C1CCCCC1. The standard InChI is InChI=1S/C23H26FN3O2.ClH/c24-19-11-10-18(13-20(19)27-22(28)15-6-2-1-3-7-15)26-23(29)21-12-16-8-4-5-9-17(16)14-25-21;/h4-5,8-11,13,15,21,25H,1-3,6-7,12,14H2,(H,26,29)(H,27,28);1H. The zero-order valence-corrected chi connectivity index (χ0v) is 17.6. The first-order chi connectivity index (χ1) is 14.1. The Labute approximate surface area is 182 Å². The van der Waals surface area contributed by atoms with E-state index in [1.165, 1.54) is 23.8 Å². The number of rotatable bonds is 4. The minimum absolute atomic E-state index is 0. The van der Waals surface area contributed by atoms with Gasteiger partial charge in [-0.25, -0.2) is 4.39 Å². The van der Waals surface area contributed by atoms with Gasteiger partial charge in [-0.05, 0) is 48.6 Å². The van der Waals surface area contributed by atoms with Crippen molar-refractivity contribution < 1.29 is 14.0 Å². The molecule has 1 aliphatic carbocycles. The van der Waals surface area contributed by atoms with Crippen molar-refractivity contribution in [3.8, 4) is 0 Å². The van der Waals surface area contributed by atoms with Crippen LogP contribution in [-0.2, 0) is 22.6 Å². The smallest absolute Gasteiger partial charge is 0.241 e. The van der Waals surface area contributed by atoms with Gasteiger partial charge in [0.2, 0.25) is 11.8 Å². The molecule has 4 rings (SSSR count). The van der Waals surface area contributed by atoms with Crippen molar-refractivity contribution in [1.82, 2.24) is 5.32 Å². The van der Waals surface area contributed by atoms with Crippen molar-refractivity contribution in [2.45, 2.75) is 51.1 Å². The van der Waals surface area contributed by atoms with Gasteiger partial charge in [-0.2, -0.15) is 0 Å². The average Bonchev–Trinajstić information content (AvgIpc) is 2.76. The number of anilines is 2. The van der Waals surface area contributed by atoms with Crippen molar-refractivity contribution in [1.29, 1.82) is 0 Å². The molecule has 2 aliphatic rings. The Morgan fingerprint density at radius 1 is 0.933 bits per heavy atom. The first-order valence-corrected chi connectivity index (χ1v) is 10.3. The third-order valence-corrected chi connectivity index (χ3v) is 5.87. The average molecular weight is 432 g/mol. The van der Waals surface area contributed by atoms with Gasteiger partial charge in [0.25, 0.3) is 0 Å². The second-order valence-electron chi connectivity index (χ2n) is 7.91. The van der Waals surface area contributed by atoms with Gasteiger partial charge in [0.15, 0.2) is 0 Å². The molecule has 2 amide bonds. The van der Waals surface area contributed by atoms with Crippen LogP contribution >= 0.6 is 12.4 Å². The van der Waals surface area contributed by atoms with Crippen LogP contribution in [0.5, 0.6) is 0 Å². The number of benzene rings is 2. The Bertz CT molecular complexity index is 915. The van der Waals surface area contributed by atoms with Gasteiger partial charge in [-0.15, -0.1) is 12.4 Å². The summed E-state index contributed by atoms with van der Waals surface area (Å²) in [4.78, 5) is 25.1. The van der Waals surface area contributed by atoms with E-state index in [4.69, 9.17) is 0 Å². The highest BCUT2D eigenvalue weighted by Crippen LogP contribution is 2.27. The molecule has 1 heterocycles. The van der Waals surface area contributed by atoms with Crippen molar-refractivity contribution in [2.75, 3.05) is 10.6 Å². The lowest BCUT2D eigenvalue weighted by Crippen LogP contribution is -2.44. The Hall–Kier alpha value is -2.44. The quantitative estimate of drug-likeness (QED) is 0.671. The van der Waals surface area contributed by atoms with Crippen LogP contribution in [0.4, 0.5) is 15.8 Å². The maximum absolute atomic E-state index is 14.2. The molecule has 0 saturated heterocycles. The highest BCUT2D eigenvalue weighted by atomic mass is 35.5. The topological polar surface area (TPSA) is 70.2 Å². The van der Waals surface area contributed by atoms with Crippen LogP contribution in [0.15, 0.2) is 42.5 Å². The Kier molecular flexibility index (Phi) is 7.45. The van der Waals surface area contributed by atoms with E-state index in [-0.39, 0.29) is 41.9 Å². The summed E-state index contributed by atoms with van der Waals surface area (Å²) in [6.45, 7) is 0.639. The first kappa shape index (κ1) is 22.2. The van der Waals surface area contributed by atoms with Gasteiger partial charge in [-0.3, -0.25) is 9.59 Å². The molecule has 30 heavy (non-hydrogen) atoms. The van der Waals surface area contributed by atoms with Gasteiger partial charge >= 0.3 is 0 Å². The summed E-state index contributed by atoms with van der Waals surface area (Å²) in [5.74, 6) is -0.877. The molecule has 5 nitrogen and oxygen atoms in total. The molecule has 2 aromatic carbocycles. The van der Waals surface area contributed by atoms with Gasteiger partial charge in [0.05, 0.1) is 11.7 Å². The number of nitrogens with one attached hydrogen (secondary N) is 3. The molecule has 1 unspecified atom stereocenters. The third kappa shape index (κ3) is 5.18.